The third kappa shape index (κ3) is 2.46. The van der Waals surface area contributed by atoms with Crippen molar-refractivity contribution in [1.82, 2.24) is 0 Å². The highest BCUT2D eigenvalue weighted by atomic mass is 35.5. The Morgan fingerprint density at radius 2 is 2.00 bits per heavy atom. The van der Waals surface area contributed by atoms with Gasteiger partial charge in [-0.15, -0.1) is 0 Å². The van der Waals surface area contributed by atoms with Crippen molar-refractivity contribution >= 4 is 11.6 Å². The van der Waals surface area contributed by atoms with E-state index in [9.17, 15) is 4.39 Å². The maximum absolute atomic E-state index is 11.5. The number of halogens is 2. The smallest absolute Gasteiger partial charge is 0.176 e. The summed E-state index contributed by atoms with van der Waals surface area (Å²) < 4.78 is 11.5. The molecular weight excluding hydrogens is 102 g/mol. The largest absolute Gasteiger partial charge is 0.230 e. The first-order valence-electron chi connectivity index (χ1n) is 1.76. The molecule has 0 aliphatic carbocycles. The van der Waals surface area contributed by atoms with Gasteiger partial charge in [-0.2, -0.15) is 0 Å². The second-order valence-corrected chi connectivity index (χ2v) is 1.73. The van der Waals surface area contributed by atoms with Crippen LogP contribution >= 0.6 is 11.6 Å². The van der Waals surface area contributed by atoms with Crippen LogP contribution in [0.25, 0.3) is 0 Å². The van der Waals surface area contributed by atoms with Gasteiger partial charge in [0, 0.05) is 5.92 Å². The molecule has 0 bridgehead atoms. The molecule has 2 unspecified atom stereocenters. The highest BCUT2D eigenvalue weighted by Gasteiger charge is 2.03. The average Bonchev–Trinajstić information content (AvgIpc) is 1.36. The van der Waals surface area contributed by atoms with Crippen LogP contribution in [-0.2, 0) is 0 Å². The van der Waals surface area contributed by atoms with E-state index < -0.39 is 5.63 Å². The molecule has 2 heteroatoms. The molecule has 6 heavy (non-hydrogen) atoms. The monoisotopic (exact) mass is 109 g/mol. The molecule has 1 radical (unpaired) electrons. The van der Waals surface area contributed by atoms with Crippen LogP contribution < -0.4 is 0 Å². The van der Waals surface area contributed by atoms with Crippen molar-refractivity contribution in [2.75, 3.05) is 0 Å². The fourth-order valence-electron chi connectivity index (χ4n) is 0. The second-order valence-electron chi connectivity index (χ2n) is 1.31. The van der Waals surface area contributed by atoms with Gasteiger partial charge in [-0.3, -0.25) is 0 Å². The van der Waals surface area contributed by atoms with Crippen LogP contribution in [0.15, 0.2) is 0 Å². The molecule has 0 nitrogen and oxygen atoms in total. The Labute approximate surface area is 42.3 Å². The summed E-state index contributed by atoms with van der Waals surface area (Å²) in [5.41, 5.74) is -1.29. The molecule has 0 rings (SSSR count). The quantitative estimate of drug-likeness (QED) is 0.452. The van der Waals surface area contributed by atoms with Crippen molar-refractivity contribution in [3.8, 4) is 0 Å². The van der Waals surface area contributed by atoms with E-state index in [1.165, 1.54) is 0 Å². The van der Waals surface area contributed by atoms with Crippen LogP contribution in [0.4, 0.5) is 4.39 Å². The molecule has 0 N–H and O–H groups in total. The lowest BCUT2D eigenvalue weighted by atomic mass is 10.3. The minimum Gasteiger partial charge on any atom is -0.230 e. The van der Waals surface area contributed by atoms with Crippen molar-refractivity contribution in [3.63, 3.8) is 0 Å². The molecule has 0 saturated carbocycles. The second kappa shape index (κ2) is 2.40. The van der Waals surface area contributed by atoms with Crippen LogP contribution in [0, 0.1) is 12.8 Å². The normalized spacial score (nSPS) is 15.5. The molecule has 0 aromatic heterocycles. The van der Waals surface area contributed by atoms with Gasteiger partial charge >= 0.3 is 0 Å². The Balaban J connectivity index is 2.99. The number of rotatable bonds is 1. The van der Waals surface area contributed by atoms with Crippen molar-refractivity contribution in [2.45, 2.75) is 12.6 Å². The molecule has 37 valence electrons. The topological polar surface area (TPSA) is 0 Å². The van der Waals surface area contributed by atoms with Gasteiger partial charge in [-0.1, -0.05) is 18.5 Å². The van der Waals surface area contributed by atoms with Gasteiger partial charge in [0.25, 0.3) is 0 Å². The Kier molecular flexibility index (Phi) is 2.49. The van der Waals surface area contributed by atoms with E-state index in [0.717, 1.165) is 0 Å². The molecule has 0 spiro atoms. The summed E-state index contributed by atoms with van der Waals surface area (Å²) in [5, 5.41) is 0. The van der Waals surface area contributed by atoms with Gasteiger partial charge < -0.3 is 0 Å². The Bertz CT molecular complexity index is 28.5. The summed E-state index contributed by atoms with van der Waals surface area (Å²) in [4.78, 5) is 0. The van der Waals surface area contributed by atoms with Crippen LogP contribution in [0.3, 0.4) is 0 Å². The Morgan fingerprint density at radius 1 is 1.83 bits per heavy atom. The van der Waals surface area contributed by atoms with E-state index >= 15 is 0 Å². The zero-order valence-electron chi connectivity index (χ0n) is 3.62. The van der Waals surface area contributed by atoms with Crippen molar-refractivity contribution in [2.24, 2.45) is 5.92 Å². The van der Waals surface area contributed by atoms with E-state index in [-0.39, 0.29) is 5.92 Å². The lowest BCUT2D eigenvalue weighted by Crippen LogP contribution is -1.98. The van der Waals surface area contributed by atoms with E-state index in [0.29, 0.717) is 0 Å². The van der Waals surface area contributed by atoms with Gasteiger partial charge in [-0.25, -0.2) is 4.39 Å². The zero-order valence-corrected chi connectivity index (χ0v) is 4.37. The van der Waals surface area contributed by atoms with Crippen molar-refractivity contribution in [3.05, 3.63) is 6.92 Å². The number of hydrogen-bond donors (Lipinski definition) is 0. The first-order chi connectivity index (χ1) is 2.64. The van der Waals surface area contributed by atoms with Crippen molar-refractivity contribution < 1.29 is 4.39 Å². The first kappa shape index (κ1) is 6.22. The standard InChI is InChI=1S/C4H7ClF/c1-3(2)4(5)6/h3-4H,1H2,2H3. The van der Waals surface area contributed by atoms with Gasteiger partial charge in [0.2, 0.25) is 0 Å². The summed E-state index contributed by atoms with van der Waals surface area (Å²) in [6.07, 6.45) is 0. The van der Waals surface area contributed by atoms with E-state index in [4.69, 9.17) is 11.6 Å². The highest BCUT2D eigenvalue weighted by molar-refractivity contribution is 6.19. The molecule has 0 saturated heterocycles. The van der Waals surface area contributed by atoms with Crippen LogP contribution in [-0.4, -0.2) is 5.63 Å². The Morgan fingerprint density at radius 3 is 2.00 bits per heavy atom. The fourth-order valence-corrected chi connectivity index (χ4v) is 0. The fraction of sp³-hybridized carbons (Fsp3) is 0.750. The molecule has 0 aliphatic heterocycles. The van der Waals surface area contributed by atoms with Gasteiger partial charge in [0.05, 0.1) is 0 Å². The Hall–Kier alpha value is 0.220. The minimum absolute atomic E-state index is 0.299. The van der Waals surface area contributed by atoms with Crippen molar-refractivity contribution in [1.29, 1.82) is 0 Å². The maximum atomic E-state index is 11.5. The molecule has 0 aliphatic rings. The zero-order chi connectivity index (χ0) is 5.15. The van der Waals surface area contributed by atoms with Gasteiger partial charge in [0.15, 0.2) is 5.63 Å². The summed E-state index contributed by atoms with van der Waals surface area (Å²) in [6, 6.07) is 0. The SMILES string of the molecule is [CH2]C(C)C(F)Cl. The predicted octanol–water partition coefficient (Wildman–Crippen LogP) is 1.99. The molecular formula is C4H7ClF. The minimum atomic E-state index is -1.29. The summed E-state index contributed by atoms with van der Waals surface area (Å²) in [5.74, 6) is -0.299. The van der Waals surface area contributed by atoms with Crippen LogP contribution in [0.2, 0.25) is 0 Å². The molecule has 0 fully saturated rings. The molecule has 2 atom stereocenters. The molecule has 0 aromatic carbocycles. The lowest BCUT2D eigenvalue weighted by molar-refractivity contribution is 0.376. The van der Waals surface area contributed by atoms with Gasteiger partial charge in [0.1, 0.15) is 0 Å². The highest BCUT2D eigenvalue weighted by Crippen LogP contribution is 2.08. The van der Waals surface area contributed by atoms with E-state index in [1.54, 1.807) is 6.92 Å². The average molecular weight is 110 g/mol. The predicted molar refractivity (Wildman–Crippen MR) is 25.3 cm³/mol. The van der Waals surface area contributed by atoms with Crippen LogP contribution in [0.1, 0.15) is 6.92 Å². The number of alkyl halides is 2. The molecule has 0 aromatic rings. The van der Waals surface area contributed by atoms with E-state index in [2.05, 4.69) is 6.92 Å². The summed E-state index contributed by atoms with van der Waals surface area (Å²) in [6.45, 7) is 4.95. The summed E-state index contributed by atoms with van der Waals surface area (Å²) in [7, 11) is 0. The van der Waals surface area contributed by atoms with Crippen LogP contribution in [0.5, 0.6) is 0 Å². The first-order valence-corrected chi connectivity index (χ1v) is 2.19. The number of hydrogen-bond acceptors (Lipinski definition) is 0. The third-order valence-electron chi connectivity index (χ3n) is 0.430. The molecule has 0 amide bonds. The van der Waals surface area contributed by atoms with E-state index in [1.807, 2.05) is 0 Å². The maximum Gasteiger partial charge on any atom is 0.176 e. The molecule has 0 heterocycles. The summed E-state index contributed by atoms with van der Waals surface area (Å²) >= 11 is 4.88. The lowest BCUT2D eigenvalue weighted by Gasteiger charge is -1.98. The van der Waals surface area contributed by atoms with Gasteiger partial charge in [-0.05, 0) is 6.92 Å². The third-order valence-corrected chi connectivity index (χ3v) is 0.860.